The van der Waals surface area contributed by atoms with Crippen LogP contribution in [0, 0.1) is 0 Å². The molecular formula is C28H30N2S. The molecule has 5 rings (SSSR count). The maximum Gasteiger partial charge on any atom is 0.0497 e. The van der Waals surface area contributed by atoms with Gasteiger partial charge in [-0.05, 0) is 85.7 Å². The van der Waals surface area contributed by atoms with Crippen LogP contribution in [0.15, 0.2) is 60.7 Å². The van der Waals surface area contributed by atoms with Gasteiger partial charge in [-0.3, -0.25) is 0 Å². The highest BCUT2D eigenvalue weighted by atomic mass is 32.1. The molecule has 0 atom stereocenters. The molecule has 0 spiro atoms. The third kappa shape index (κ3) is 3.88. The average molecular weight is 427 g/mol. The minimum Gasteiger partial charge on any atom is -0.354 e. The number of aryl methyl sites for hydroxylation is 2. The average Bonchev–Trinajstić information content (AvgIpc) is 3.35. The number of hydrogen-bond donors (Lipinski definition) is 2. The highest BCUT2D eigenvalue weighted by Crippen LogP contribution is 2.38. The largest absolute Gasteiger partial charge is 0.354 e. The van der Waals surface area contributed by atoms with Crippen molar-refractivity contribution in [3.63, 3.8) is 0 Å². The number of aromatic amines is 1. The van der Waals surface area contributed by atoms with E-state index in [2.05, 4.69) is 72.6 Å². The van der Waals surface area contributed by atoms with Gasteiger partial charge < -0.3 is 10.7 Å². The summed E-state index contributed by atoms with van der Waals surface area (Å²) in [5, 5.41) is 4.09. The Morgan fingerprint density at radius 2 is 1.68 bits per heavy atom. The van der Waals surface area contributed by atoms with E-state index in [1.807, 2.05) is 11.3 Å². The van der Waals surface area contributed by atoms with E-state index in [1.165, 1.54) is 66.3 Å². The molecule has 2 heterocycles. The Hall–Kier alpha value is -2.62. The van der Waals surface area contributed by atoms with E-state index in [9.17, 15) is 0 Å². The standard InChI is InChI=1S/C28H30N2S/c1-2-3-8-19-12-14-25-23(17-19)22(10-6-7-16-29)28(30-25)20-13-15-27-24(18-20)21-9-4-5-11-26(21)31-27/h4-5,9,11-15,17-18,30H,2-3,6-8,10,16,29H2,1H3. The number of hydrogen-bond acceptors (Lipinski definition) is 2. The maximum absolute atomic E-state index is 5.81. The van der Waals surface area contributed by atoms with Gasteiger partial charge in [0.2, 0.25) is 0 Å². The molecule has 0 saturated heterocycles. The number of thiophene rings is 1. The summed E-state index contributed by atoms with van der Waals surface area (Å²) < 4.78 is 2.71. The van der Waals surface area contributed by atoms with Crippen LogP contribution in [-0.2, 0) is 12.8 Å². The molecule has 31 heavy (non-hydrogen) atoms. The molecule has 158 valence electrons. The third-order valence-electron chi connectivity index (χ3n) is 6.34. The van der Waals surface area contributed by atoms with Crippen LogP contribution in [0.1, 0.15) is 43.7 Å². The van der Waals surface area contributed by atoms with Crippen molar-refractivity contribution in [3.05, 3.63) is 71.8 Å². The fourth-order valence-corrected chi connectivity index (χ4v) is 5.75. The summed E-state index contributed by atoms with van der Waals surface area (Å²) in [6.45, 7) is 3.02. The molecule has 0 aliphatic carbocycles. The number of unbranched alkanes of at least 4 members (excludes halogenated alkanes) is 2. The van der Waals surface area contributed by atoms with Crippen LogP contribution in [0.4, 0.5) is 0 Å². The van der Waals surface area contributed by atoms with Crippen LogP contribution in [0.3, 0.4) is 0 Å². The topological polar surface area (TPSA) is 41.8 Å². The van der Waals surface area contributed by atoms with Crippen molar-refractivity contribution in [3.8, 4) is 11.3 Å². The van der Waals surface area contributed by atoms with Crippen molar-refractivity contribution < 1.29 is 0 Å². The van der Waals surface area contributed by atoms with Crippen LogP contribution in [0.5, 0.6) is 0 Å². The zero-order valence-corrected chi connectivity index (χ0v) is 19.0. The van der Waals surface area contributed by atoms with Gasteiger partial charge in [-0.2, -0.15) is 0 Å². The quantitative estimate of drug-likeness (QED) is 0.244. The van der Waals surface area contributed by atoms with Gasteiger partial charge in [0.1, 0.15) is 0 Å². The molecule has 2 aromatic heterocycles. The van der Waals surface area contributed by atoms with Gasteiger partial charge in [-0.15, -0.1) is 11.3 Å². The molecule has 0 bridgehead atoms. The second-order valence-electron chi connectivity index (χ2n) is 8.52. The molecule has 0 aliphatic rings. The Morgan fingerprint density at radius 1 is 0.806 bits per heavy atom. The zero-order chi connectivity index (χ0) is 21.2. The highest BCUT2D eigenvalue weighted by molar-refractivity contribution is 7.25. The van der Waals surface area contributed by atoms with Gasteiger partial charge in [0.05, 0.1) is 0 Å². The van der Waals surface area contributed by atoms with Gasteiger partial charge in [-0.1, -0.05) is 43.7 Å². The van der Waals surface area contributed by atoms with E-state index in [0.717, 1.165) is 32.2 Å². The van der Waals surface area contributed by atoms with Crippen LogP contribution in [-0.4, -0.2) is 11.5 Å². The van der Waals surface area contributed by atoms with Gasteiger partial charge >= 0.3 is 0 Å². The van der Waals surface area contributed by atoms with Crippen molar-refractivity contribution in [2.24, 2.45) is 5.73 Å². The van der Waals surface area contributed by atoms with Crippen molar-refractivity contribution in [1.29, 1.82) is 0 Å². The molecule has 0 amide bonds. The maximum atomic E-state index is 5.81. The van der Waals surface area contributed by atoms with Crippen LogP contribution >= 0.6 is 11.3 Å². The summed E-state index contributed by atoms with van der Waals surface area (Å²) in [5.74, 6) is 0. The smallest absolute Gasteiger partial charge is 0.0497 e. The summed E-state index contributed by atoms with van der Waals surface area (Å²) in [4.78, 5) is 3.77. The molecule has 3 aromatic carbocycles. The molecule has 5 aromatic rings. The van der Waals surface area contributed by atoms with E-state index in [-0.39, 0.29) is 0 Å². The lowest BCUT2D eigenvalue weighted by atomic mass is 9.97. The SMILES string of the molecule is CCCCc1ccc2[nH]c(-c3ccc4sc5ccccc5c4c3)c(CCCCN)c2c1. The second-order valence-corrected chi connectivity index (χ2v) is 9.60. The molecule has 0 unspecified atom stereocenters. The normalized spacial score (nSPS) is 11.8. The van der Waals surface area contributed by atoms with Crippen LogP contribution in [0.25, 0.3) is 42.3 Å². The summed E-state index contributed by atoms with van der Waals surface area (Å²) in [5.41, 5.74) is 12.5. The van der Waals surface area contributed by atoms with E-state index >= 15 is 0 Å². The molecule has 0 aliphatic heterocycles. The first-order chi connectivity index (χ1) is 15.3. The van der Waals surface area contributed by atoms with E-state index in [1.54, 1.807) is 0 Å². The summed E-state index contributed by atoms with van der Waals surface area (Å²) in [6.07, 6.45) is 6.88. The lowest BCUT2D eigenvalue weighted by molar-refractivity contribution is 0.748. The number of benzene rings is 3. The lowest BCUT2D eigenvalue weighted by Crippen LogP contribution is -1.99. The third-order valence-corrected chi connectivity index (χ3v) is 7.49. The molecule has 0 fully saturated rings. The van der Waals surface area contributed by atoms with E-state index in [0.29, 0.717) is 0 Å². The Morgan fingerprint density at radius 3 is 2.55 bits per heavy atom. The second kappa shape index (κ2) is 8.86. The van der Waals surface area contributed by atoms with Gasteiger partial charge in [-0.25, -0.2) is 0 Å². The van der Waals surface area contributed by atoms with Gasteiger partial charge in [0, 0.05) is 36.8 Å². The van der Waals surface area contributed by atoms with E-state index < -0.39 is 0 Å². The Bertz CT molecular complexity index is 1340. The van der Waals surface area contributed by atoms with Crippen LogP contribution < -0.4 is 5.73 Å². The van der Waals surface area contributed by atoms with Crippen molar-refractivity contribution in [2.75, 3.05) is 6.54 Å². The monoisotopic (exact) mass is 426 g/mol. The zero-order valence-electron chi connectivity index (χ0n) is 18.2. The number of nitrogens with one attached hydrogen (secondary N) is 1. The van der Waals surface area contributed by atoms with Crippen molar-refractivity contribution >= 4 is 42.4 Å². The van der Waals surface area contributed by atoms with Crippen LogP contribution in [0.2, 0.25) is 0 Å². The summed E-state index contributed by atoms with van der Waals surface area (Å²) in [6, 6.07) is 22.7. The molecule has 3 heteroatoms. The predicted octanol–water partition coefficient (Wildman–Crippen LogP) is 7.83. The fraction of sp³-hybridized carbons (Fsp3) is 0.286. The number of fused-ring (bicyclic) bond motifs is 4. The van der Waals surface area contributed by atoms with Crippen molar-refractivity contribution in [1.82, 2.24) is 4.98 Å². The Kier molecular flexibility index (Phi) is 5.80. The van der Waals surface area contributed by atoms with E-state index in [4.69, 9.17) is 5.73 Å². The minimum absolute atomic E-state index is 0.756. The molecule has 2 nitrogen and oxygen atoms in total. The first kappa shape index (κ1) is 20.3. The first-order valence-corrected chi connectivity index (χ1v) is 12.4. The first-order valence-electron chi connectivity index (χ1n) is 11.5. The number of aromatic nitrogens is 1. The number of rotatable bonds is 8. The summed E-state index contributed by atoms with van der Waals surface area (Å²) >= 11 is 1.88. The van der Waals surface area contributed by atoms with Crippen molar-refractivity contribution in [2.45, 2.75) is 45.4 Å². The minimum atomic E-state index is 0.756. The molecular weight excluding hydrogens is 396 g/mol. The Labute approximate surface area is 188 Å². The molecule has 3 N–H and O–H groups in total. The summed E-state index contributed by atoms with van der Waals surface area (Å²) in [7, 11) is 0. The lowest BCUT2D eigenvalue weighted by Gasteiger charge is -2.07. The molecule has 0 radical (unpaired) electrons. The Balaban J connectivity index is 1.65. The molecule has 0 saturated carbocycles. The van der Waals surface area contributed by atoms with Gasteiger partial charge in [0.15, 0.2) is 0 Å². The van der Waals surface area contributed by atoms with Gasteiger partial charge in [0.25, 0.3) is 0 Å². The predicted molar refractivity (Wildman–Crippen MR) is 137 cm³/mol. The fourth-order valence-electron chi connectivity index (χ4n) is 4.67. The highest BCUT2D eigenvalue weighted by Gasteiger charge is 2.15. The number of nitrogens with two attached hydrogens (primary N) is 1. The number of H-pyrrole nitrogens is 1.